The van der Waals surface area contributed by atoms with Crippen molar-refractivity contribution in [3.05, 3.63) is 41.1 Å². The van der Waals surface area contributed by atoms with E-state index in [-0.39, 0.29) is 18.0 Å². The molecule has 0 bridgehead atoms. The van der Waals surface area contributed by atoms with E-state index in [0.717, 1.165) is 36.8 Å². The molecule has 142 valence electrons. The molecule has 1 amide bonds. The van der Waals surface area contributed by atoms with E-state index in [1.807, 2.05) is 31.2 Å². The molecule has 1 aliphatic rings. The molecule has 0 radical (unpaired) electrons. The SMILES string of the molecule is CCCCCCN1C(=O)Cc2c(C(=N)CO)nc(-c3ccc(C)cc3)nc21. The van der Waals surface area contributed by atoms with Gasteiger partial charge in [-0.15, -0.1) is 0 Å². The quantitative estimate of drug-likeness (QED) is 0.554. The van der Waals surface area contributed by atoms with Gasteiger partial charge in [0, 0.05) is 17.7 Å². The van der Waals surface area contributed by atoms with Crippen LogP contribution in [0, 0.1) is 12.3 Å². The largest absolute Gasteiger partial charge is 0.390 e. The van der Waals surface area contributed by atoms with Gasteiger partial charge in [-0.25, -0.2) is 9.97 Å². The summed E-state index contributed by atoms with van der Waals surface area (Å²) in [5.74, 6) is 1.06. The van der Waals surface area contributed by atoms with Crippen LogP contribution in [0.3, 0.4) is 0 Å². The fourth-order valence-electron chi connectivity index (χ4n) is 3.31. The third-order valence-electron chi connectivity index (χ3n) is 4.86. The molecule has 1 aromatic carbocycles. The molecule has 0 saturated heterocycles. The maximum Gasteiger partial charge on any atom is 0.232 e. The Bertz CT molecular complexity index is 846. The molecule has 0 atom stereocenters. The minimum atomic E-state index is -0.415. The van der Waals surface area contributed by atoms with Crippen molar-refractivity contribution in [2.75, 3.05) is 18.1 Å². The van der Waals surface area contributed by atoms with E-state index < -0.39 is 6.61 Å². The van der Waals surface area contributed by atoms with Crippen molar-refractivity contribution in [3.8, 4) is 11.4 Å². The first-order valence-electron chi connectivity index (χ1n) is 9.52. The highest BCUT2D eigenvalue weighted by molar-refractivity contribution is 6.07. The monoisotopic (exact) mass is 366 g/mol. The number of aliphatic hydroxyl groups excluding tert-OH is 1. The van der Waals surface area contributed by atoms with Crippen LogP contribution in [0.4, 0.5) is 5.82 Å². The van der Waals surface area contributed by atoms with Crippen LogP contribution >= 0.6 is 0 Å². The zero-order valence-corrected chi connectivity index (χ0v) is 16.0. The Morgan fingerprint density at radius 2 is 1.93 bits per heavy atom. The second kappa shape index (κ2) is 8.39. The normalized spacial score (nSPS) is 13.1. The fourth-order valence-corrected chi connectivity index (χ4v) is 3.31. The molecule has 27 heavy (non-hydrogen) atoms. The number of rotatable bonds is 8. The van der Waals surface area contributed by atoms with Crippen LogP contribution in [0.5, 0.6) is 0 Å². The van der Waals surface area contributed by atoms with Crippen molar-refractivity contribution in [2.24, 2.45) is 0 Å². The first-order chi connectivity index (χ1) is 13.0. The Balaban J connectivity index is 2.01. The van der Waals surface area contributed by atoms with E-state index in [9.17, 15) is 9.90 Å². The lowest BCUT2D eigenvalue weighted by atomic mass is 10.1. The third kappa shape index (κ3) is 4.06. The number of aromatic nitrogens is 2. The summed E-state index contributed by atoms with van der Waals surface area (Å²) < 4.78 is 0. The zero-order chi connectivity index (χ0) is 19.4. The average Bonchev–Trinajstić information content (AvgIpc) is 2.99. The van der Waals surface area contributed by atoms with E-state index in [2.05, 4.69) is 16.9 Å². The number of nitrogens with one attached hydrogen (secondary N) is 1. The van der Waals surface area contributed by atoms with Gasteiger partial charge in [0.25, 0.3) is 0 Å². The summed E-state index contributed by atoms with van der Waals surface area (Å²) >= 11 is 0. The summed E-state index contributed by atoms with van der Waals surface area (Å²) in [5, 5.41) is 17.6. The minimum Gasteiger partial charge on any atom is -0.390 e. The lowest BCUT2D eigenvalue weighted by Gasteiger charge is -2.18. The van der Waals surface area contributed by atoms with Crippen LogP contribution in [0.1, 0.15) is 49.4 Å². The van der Waals surface area contributed by atoms with Crippen LogP contribution in [0.15, 0.2) is 24.3 Å². The van der Waals surface area contributed by atoms with Crippen LogP contribution in [-0.2, 0) is 11.2 Å². The third-order valence-corrected chi connectivity index (χ3v) is 4.86. The molecule has 0 unspecified atom stereocenters. The van der Waals surface area contributed by atoms with Crippen molar-refractivity contribution in [2.45, 2.75) is 46.0 Å². The van der Waals surface area contributed by atoms with Crippen LogP contribution < -0.4 is 4.90 Å². The molecule has 3 rings (SSSR count). The number of benzene rings is 1. The van der Waals surface area contributed by atoms with Gasteiger partial charge in [0.2, 0.25) is 5.91 Å². The summed E-state index contributed by atoms with van der Waals surface area (Å²) in [5.41, 5.74) is 3.02. The Hall–Kier alpha value is -2.60. The summed E-state index contributed by atoms with van der Waals surface area (Å²) in [4.78, 5) is 23.5. The molecule has 6 nitrogen and oxygen atoms in total. The van der Waals surface area contributed by atoms with E-state index in [4.69, 9.17) is 5.41 Å². The van der Waals surface area contributed by atoms with Gasteiger partial charge < -0.3 is 10.5 Å². The topological polar surface area (TPSA) is 90.2 Å². The van der Waals surface area contributed by atoms with Crippen molar-refractivity contribution in [1.29, 1.82) is 5.41 Å². The molecule has 2 aromatic rings. The smallest absolute Gasteiger partial charge is 0.232 e. The maximum atomic E-state index is 12.6. The number of unbranched alkanes of at least 4 members (excludes halogenated alkanes) is 3. The van der Waals surface area contributed by atoms with Gasteiger partial charge in [-0.1, -0.05) is 56.0 Å². The summed E-state index contributed by atoms with van der Waals surface area (Å²) in [7, 11) is 0. The Morgan fingerprint density at radius 3 is 2.59 bits per heavy atom. The highest BCUT2D eigenvalue weighted by Gasteiger charge is 2.33. The molecule has 0 fully saturated rings. The lowest BCUT2D eigenvalue weighted by Crippen LogP contribution is -2.28. The molecule has 2 heterocycles. The van der Waals surface area contributed by atoms with Crippen LogP contribution in [-0.4, -0.2) is 39.8 Å². The molecular formula is C21H26N4O2. The number of aryl methyl sites for hydroxylation is 1. The van der Waals surface area contributed by atoms with Gasteiger partial charge in [-0.05, 0) is 13.3 Å². The van der Waals surface area contributed by atoms with Crippen molar-refractivity contribution < 1.29 is 9.90 Å². The first-order valence-corrected chi connectivity index (χ1v) is 9.52. The fraction of sp³-hybridized carbons (Fsp3) is 0.429. The molecule has 1 aliphatic heterocycles. The molecule has 6 heteroatoms. The molecule has 1 aromatic heterocycles. The van der Waals surface area contributed by atoms with Gasteiger partial charge >= 0.3 is 0 Å². The Labute approximate surface area is 159 Å². The zero-order valence-electron chi connectivity index (χ0n) is 16.0. The highest BCUT2D eigenvalue weighted by Crippen LogP contribution is 2.32. The highest BCUT2D eigenvalue weighted by atomic mass is 16.3. The first kappa shape index (κ1) is 19.2. The predicted molar refractivity (Wildman–Crippen MR) is 106 cm³/mol. The number of carbonyl (C=O) groups is 1. The number of hydrogen-bond donors (Lipinski definition) is 2. The number of fused-ring (bicyclic) bond motifs is 1. The van der Waals surface area contributed by atoms with Gasteiger partial charge in [0.1, 0.15) is 5.82 Å². The van der Waals surface area contributed by atoms with Gasteiger partial charge in [0.05, 0.1) is 24.4 Å². The van der Waals surface area contributed by atoms with Crippen molar-refractivity contribution >= 4 is 17.4 Å². The van der Waals surface area contributed by atoms with Gasteiger partial charge in [0.15, 0.2) is 5.82 Å². The Morgan fingerprint density at radius 1 is 1.19 bits per heavy atom. The predicted octanol–water partition coefficient (Wildman–Crippen LogP) is 3.28. The number of amides is 1. The Kier molecular flexibility index (Phi) is 5.96. The minimum absolute atomic E-state index is 0.0103. The summed E-state index contributed by atoms with van der Waals surface area (Å²) in [6, 6.07) is 7.84. The van der Waals surface area contributed by atoms with E-state index in [1.165, 1.54) is 0 Å². The molecular weight excluding hydrogens is 340 g/mol. The van der Waals surface area contributed by atoms with Crippen molar-refractivity contribution in [3.63, 3.8) is 0 Å². The second-order valence-corrected chi connectivity index (χ2v) is 6.98. The molecule has 2 N–H and O–H groups in total. The number of carbonyl (C=O) groups excluding carboxylic acids is 1. The maximum absolute atomic E-state index is 12.6. The number of nitrogens with zero attached hydrogens (tertiary/aromatic N) is 3. The molecule has 0 spiro atoms. The summed E-state index contributed by atoms with van der Waals surface area (Å²) in [6.45, 7) is 4.38. The number of hydrogen-bond acceptors (Lipinski definition) is 5. The summed E-state index contributed by atoms with van der Waals surface area (Å²) in [6.07, 6.45) is 4.48. The lowest BCUT2D eigenvalue weighted by molar-refractivity contribution is -0.117. The number of aliphatic hydroxyl groups is 1. The van der Waals surface area contributed by atoms with E-state index >= 15 is 0 Å². The van der Waals surface area contributed by atoms with E-state index in [1.54, 1.807) is 4.90 Å². The van der Waals surface area contributed by atoms with Crippen LogP contribution in [0.25, 0.3) is 11.4 Å². The van der Waals surface area contributed by atoms with Gasteiger partial charge in [-0.3, -0.25) is 9.69 Å². The van der Waals surface area contributed by atoms with Crippen LogP contribution in [0.2, 0.25) is 0 Å². The van der Waals surface area contributed by atoms with Crippen molar-refractivity contribution in [1.82, 2.24) is 9.97 Å². The van der Waals surface area contributed by atoms with Gasteiger partial charge in [-0.2, -0.15) is 0 Å². The van der Waals surface area contributed by atoms with E-state index in [0.29, 0.717) is 29.4 Å². The standard InChI is InChI=1S/C21H26N4O2/c1-3-4-5-6-11-25-18(27)12-16-19(17(22)13-26)23-20(24-21(16)25)15-9-7-14(2)8-10-15/h7-10,22,26H,3-6,11-13H2,1-2H3. The number of anilines is 1. The molecule has 0 aliphatic carbocycles. The average molecular weight is 366 g/mol. The molecule has 0 saturated carbocycles. The second-order valence-electron chi connectivity index (χ2n) is 6.98.